The lowest BCUT2D eigenvalue weighted by molar-refractivity contribution is -0.134. The number of carbonyl (C=O) groups excluding carboxylic acids is 1. The first-order valence-corrected chi connectivity index (χ1v) is 8.17. The average Bonchev–Trinajstić information content (AvgIpc) is 2.91. The van der Waals surface area contributed by atoms with Gasteiger partial charge in [0.05, 0.1) is 11.3 Å². The van der Waals surface area contributed by atoms with E-state index in [1.54, 1.807) is 24.3 Å². The van der Waals surface area contributed by atoms with Crippen LogP contribution >= 0.6 is 11.6 Å². The fraction of sp³-hybridized carbons (Fsp3) is 0.158. The minimum Gasteiger partial charge on any atom is -0.507 e. The molecule has 4 N–H and O–H groups in total. The topological polar surface area (TPSA) is 114 Å². The highest BCUT2D eigenvalue weighted by Gasteiger charge is 2.24. The Labute approximate surface area is 154 Å². The second-order valence-corrected chi connectivity index (χ2v) is 5.87. The number of phenolic OH excluding ortho intramolecular Hbond substituents is 1. The molecule has 0 amide bonds. The second kappa shape index (κ2) is 7.93. The summed E-state index contributed by atoms with van der Waals surface area (Å²) in [6.45, 7) is 3.04. The number of rotatable bonds is 3. The molecule has 0 aliphatic heterocycles. The highest BCUT2D eigenvalue weighted by Crippen LogP contribution is 2.36. The van der Waals surface area contributed by atoms with Gasteiger partial charge in [0.15, 0.2) is 5.76 Å². The number of hydrogen-bond donors (Lipinski definition) is 3. The minimum atomic E-state index is -0.833. The number of carboxylic acids is 1. The molecule has 136 valence electrons. The number of nitrogen functional groups attached to an aromatic ring is 1. The Hall–Kier alpha value is -2.99. The van der Waals surface area contributed by atoms with E-state index in [4.69, 9.17) is 31.7 Å². The number of phenols is 1. The summed E-state index contributed by atoms with van der Waals surface area (Å²) in [7, 11) is 0. The monoisotopic (exact) mass is 375 g/mol. The van der Waals surface area contributed by atoms with Crippen LogP contribution in [0.2, 0.25) is 5.02 Å². The molecule has 0 atom stereocenters. The summed E-state index contributed by atoms with van der Waals surface area (Å²) in [5.41, 5.74) is 7.88. The van der Waals surface area contributed by atoms with Crippen molar-refractivity contribution in [2.24, 2.45) is 0 Å². The molecule has 26 heavy (non-hydrogen) atoms. The van der Waals surface area contributed by atoms with E-state index in [2.05, 4.69) is 0 Å². The number of furan rings is 1. The maximum Gasteiger partial charge on any atom is 0.300 e. The zero-order valence-electron chi connectivity index (χ0n) is 14.2. The van der Waals surface area contributed by atoms with E-state index >= 15 is 0 Å². The molecular formula is C19H18ClNO5. The van der Waals surface area contributed by atoms with Crippen LogP contribution in [0, 0.1) is 0 Å². The van der Waals surface area contributed by atoms with Gasteiger partial charge in [0.1, 0.15) is 11.3 Å². The number of aryl methyl sites for hydroxylation is 1. The van der Waals surface area contributed by atoms with Crippen molar-refractivity contribution in [1.82, 2.24) is 0 Å². The number of carbonyl (C=O) groups is 2. The summed E-state index contributed by atoms with van der Waals surface area (Å²) >= 11 is 6.18. The van der Waals surface area contributed by atoms with Crippen molar-refractivity contribution in [1.29, 1.82) is 0 Å². The molecule has 3 aromatic rings. The quantitative estimate of drug-likeness (QED) is 0.589. The third-order valence-corrected chi connectivity index (χ3v) is 4.01. The molecule has 0 aliphatic carbocycles. The number of hydrogen-bond acceptors (Lipinski definition) is 5. The summed E-state index contributed by atoms with van der Waals surface area (Å²) in [6, 6.07) is 9.69. The zero-order valence-corrected chi connectivity index (χ0v) is 15.0. The van der Waals surface area contributed by atoms with Gasteiger partial charge < -0.3 is 20.4 Å². The molecule has 0 bridgehead atoms. The lowest BCUT2D eigenvalue weighted by Gasteiger charge is -2.03. The van der Waals surface area contributed by atoms with Crippen LogP contribution in [0.1, 0.15) is 35.5 Å². The van der Waals surface area contributed by atoms with Crippen LogP contribution in [0.3, 0.4) is 0 Å². The van der Waals surface area contributed by atoms with E-state index in [-0.39, 0.29) is 22.8 Å². The SMILES string of the molecule is CC(=O)O.CCc1c(Cl)ccc2oc(C(=O)c3ccccc3O)c(N)c12. The van der Waals surface area contributed by atoms with Gasteiger partial charge in [-0.05, 0) is 36.2 Å². The highest BCUT2D eigenvalue weighted by atomic mass is 35.5. The fourth-order valence-electron chi connectivity index (χ4n) is 2.56. The van der Waals surface area contributed by atoms with Crippen molar-refractivity contribution < 1.29 is 24.2 Å². The first-order valence-electron chi connectivity index (χ1n) is 7.79. The van der Waals surface area contributed by atoms with Crippen LogP contribution in [0.15, 0.2) is 40.8 Å². The van der Waals surface area contributed by atoms with Gasteiger partial charge >= 0.3 is 0 Å². The number of anilines is 1. The van der Waals surface area contributed by atoms with Gasteiger partial charge in [-0.25, -0.2) is 0 Å². The van der Waals surface area contributed by atoms with Crippen LogP contribution in [0.5, 0.6) is 5.75 Å². The Balaban J connectivity index is 0.000000552. The van der Waals surface area contributed by atoms with E-state index in [1.165, 1.54) is 12.1 Å². The first kappa shape index (κ1) is 19.3. The summed E-state index contributed by atoms with van der Waals surface area (Å²) in [5, 5.41) is 18.5. The average molecular weight is 376 g/mol. The standard InChI is InChI=1S/C17H14ClNO3.C2H4O2/c1-2-9-11(18)7-8-13-14(9)15(19)17(22-13)16(21)10-5-3-4-6-12(10)20;1-2(3)4/h3-8,20H,2,19H2,1H3;1H3,(H,3,4). The molecule has 2 aromatic carbocycles. The Morgan fingerprint density at radius 3 is 2.38 bits per heavy atom. The number of aliphatic carboxylic acids is 1. The maximum atomic E-state index is 12.6. The predicted molar refractivity (Wildman–Crippen MR) is 99.9 cm³/mol. The largest absolute Gasteiger partial charge is 0.507 e. The molecule has 0 aliphatic rings. The van der Waals surface area contributed by atoms with E-state index in [1.807, 2.05) is 6.92 Å². The Morgan fingerprint density at radius 1 is 1.19 bits per heavy atom. The first-order chi connectivity index (χ1) is 12.3. The third kappa shape index (κ3) is 3.81. The predicted octanol–water partition coefficient (Wildman–Crippen LogP) is 4.26. The molecule has 0 radical (unpaired) electrons. The molecule has 0 unspecified atom stereocenters. The van der Waals surface area contributed by atoms with Crippen LogP contribution in [-0.2, 0) is 11.2 Å². The number of carboxylic acid groups (broad SMARTS) is 1. The third-order valence-electron chi connectivity index (χ3n) is 3.65. The fourth-order valence-corrected chi connectivity index (χ4v) is 2.85. The summed E-state index contributed by atoms with van der Waals surface area (Å²) in [5.74, 6) is -1.38. The van der Waals surface area contributed by atoms with Crippen LogP contribution in [0.25, 0.3) is 11.0 Å². The van der Waals surface area contributed by atoms with Crippen molar-refractivity contribution in [2.45, 2.75) is 20.3 Å². The zero-order chi connectivity index (χ0) is 19.4. The van der Waals surface area contributed by atoms with Gasteiger partial charge in [0.25, 0.3) is 5.97 Å². The van der Waals surface area contributed by atoms with Gasteiger partial charge in [-0.3, -0.25) is 9.59 Å². The van der Waals surface area contributed by atoms with Gasteiger partial charge in [-0.15, -0.1) is 0 Å². The summed E-state index contributed by atoms with van der Waals surface area (Å²) in [6.07, 6.45) is 0.671. The Kier molecular flexibility index (Phi) is 5.90. The number of benzene rings is 2. The lowest BCUT2D eigenvalue weighted by Crippen LogP contribution is -2.03. The number of nitrogens with two attached hydrogens (primary N) is 1. The molecule has 0 spiro atoms. The molecule has 7 heteroatoms. The molecule has 1 aromatic heterocycles. The number of aromatic hydroxyl groups is 1. The van der Waals surface area contributed by atoms with Gasteiger partial charge in [0, 0.05) is 17.3 Å². The van der Waals surface area contributed by atoms with Crippen LogP contribution < -0.4 is 5.73 Å². The van der Waals surface area contributed by atoms with Crippen LogP contribution in [0.4, 0.5) is 5.69 Å². The lowest BCUT2D eigenvalue weighted by atomic mass is 10.0. The number of para-hydroxylation sites is 1. The second-order valence-electron chi connectivity index (χ2n) is 5.46. The van der Waals surface area contributed by atoms with E-state index in [0.29, 0.717) is 22.4 Å². The van der Waals surface area contributed by atoms with Gasteiger partial charge in [-0.1, -0.05) is 30.7 Å². The normalized spacial score (nSPS) is 10.3. The van der Waals surface area contributed by atoms with Crippen molar-refractivity contribution in [3.8, 4) is 5.75 Å². The number of halogens is 1. The molecule has 0 saturated carbocycles. The van der Waals surface area contributed by atoms with Crippen LogP contribution in [-0.4, -0.2) is 22.0 Å². The smallest absolute Gasteiger partial charge is 0.300 e. The summed E-state index contributed by atoms with van der Waals surface area (Å²) in [4.78, 5) is 21.6. The molecule has 0 saturated heterocycles. The van der Waals surface area contributed by atoms with Gasteiger partial charge in [0.2, 0.25) is 5.78 Å². The van der Waals surface area contributed by atoms with Crippen molar-refractivity contribution >= 4 is 40.0 Å². The highest BCUT2D eigenvalue weighted by molar-refractivity contribution is 6.32. The van der Waals surface area contributed by atoms with Gasteiger partial charge in [-0.2, -0.15) is 0 Å². The molecule has 6 nitrogen and oxygen atoms in total. The molecular weight excluding hydrogens is 358 g/mol. The minimum absolute atomic E-state index is 0.0217. The number of ketones is 1. The van der Waals surface area contributed by atoms with Crippen molar-refractivity contribution in [3.05, 3.63) is 58.3 Å². The summed E-state index contributed by atoms with van der Waals surface area (Å²) < 4.78 is 5.62. The van der Waals surface area contributed by atoms with E-state index in [9.17, 15) is 9.90 Å². The molecule has 1 heterocycles. The van der Waals surface area contributed by atoms with Crippen molar-refractivity contribution in [3.63, 3.8) is 0 Å². The molecule has 3 rings (SSSR count). The Bertz CT molecular complexity index is 973. The Morgan fingerprint density at radius 2 is 1.81 bits per heavy atom. The maximum absolute atomic E-state index is 12.6. The van der Waals surface area contributed by atoms with E-state index in [0.717, 1.165) is 12.5 Å². The van der Waals surface area contributed by atoms with E-state index < -0.39 is 11.8 Å². The van der Waals surface area contributed by atoms with Crippen molar-refractivity contribution in [2.75, 3.05) is 5.73 Å². The molecule has 0 fully saturated rings. The number of fused-ring (bicyclic) bond motifs is 1.